The minimum atomic E-state index is -4.61. The molecule has 4 rings (SSSR count). The first-order valence-corrected chi connectivity index (χ1v) is 15.5. The quantitative estimate of drug-likeness (QED) is 0.124. The Hall–Kier alpha value is -5.62. The number of nitro groups is 1. The molecular weight excluding hydrogens is 721 g/mol. The number of hydrogen-bond acceptors (Lipinski definition) is 12. The van der Waals surface area contributed by atoms with Crippen molar-refractivity contribution in [3.63, 3.8) is 0 Å². The van der Waals surface area contributed by atoms with Crippen molar-refractivity contribution < 1.29 is 61.3 Å². The van der Waals surface area contributed by atoms with Gasteiger partial charge in [-0.2, -0.15) is 13.2 Å². The van der Waals surface area contributed by atoms with Crippen molar-refractivity contribution >= 4 is 46.9 Å². The standard InChI is InChI=1S/C18H13ClF3NO7.C15H19N3O4/c1-2-28-16(24)9-29-17(25)12-8-11(4-5-14(12)23(26)27)30-15-6-3-10(7-13(15)19)18(20,21)22;1-8(2)15(3)14(21)17-12(18-15)11-10(13(19)20)5-9(6-16-11)7-22-4/h3-8H,2,9H2,1H3;5-6,8H,7H2,1-4H3,(H,19,20)(H,17,18,21). The van der Waals surface area contributed by atoms with Crippen LogP contribution < -0.4 is 10.1 Å². The van der Waals surface area contributed by atoms with Crippen LogP contribution in [0.1, 0.15) is 65.2 Å². The van der Waals surface area contributed by atoms with E-state index in [4.69, 9.17) is 25.8 Å². The number of alkyl halides is 3. The number of amidine groups is 1. The number of aliphatic imine (C=N–C) groups is 1. The molecule has 0 fully saturated rings. The van der Waals surface area contributed by atoms with Crippen LogP contribution in [-0.4, -0.2) is 70.5 Å². The van der Waals surface area contributed by atoms with Crippen molar-refractivity contribution in [2.45, 2.75) is 46.0 Å². The van der Waals surface area contributed by atoms with Crippen molar-refractivity contribution in [2.75, 3.05) is 20.3 Å². The van der Waals surface area contributed by atoms with Crippen LogP contribution in [0.5, 0.6) is 11.5 Å². The average Bonchev–Trinajstić information content (AvgIpc) is 3.39. The van der Waals surface area contributed by atoms with Crippen LogP contribution in [0.15, 0.2) is 53.7 Å². The smallest absolute Gasteiger partial charge is 0.416 e. The number of carboxylic acids is 1. The molecule has 52 heavy (non-hydrogen) atoms. The maximum Gasteiger partial charge on any atom is 0.416 e. The highest BCUT2D eigenvalue weighted by molar-refractivity contribution is 6.32. The van der Waals surface area contributed by atoms with Gasteiger partial charge in [-0.3, -0.25) is 19.9 Å². The number of carbonyl (C=O) groups excluding carboxylic acids is 3. The molecule has 0 radical (unpaired) electrons. The summed E-state index contributed by atoms with van der Waals surface area (Å²) < 4.78 is 57.8. The first-order chi connectivity index (χ1) is 24.3. The minimum Gasteiger partial charge on any atom is -0.478 e. The number of hydrogen-bond donors (Lipinski definition) is 2. The fourth-order valence-corrected chi connectivity index (χ4v) is 4.57. The number of methoxy groups -OCH3 is 1. The van der Waals surface area contributed by atoms with E-state index >= 15 is 0 Å². The van der Waals surface area contributed by atoms with E-state index in [1.54, 1.807) is 6.92 Å². The lowest BCUT2D eigenvalue weighted by Gasteiger charge is -2.21. The van der Waals surface area contributed by atoms with E-state index in [1.165, 1.54) is 26.3 Å². The second kappa shape index (κ2) is 17.1. The largest absolute Gasteiger partial charge is 0.478 e. The second-order valence-corrected chi connectivity index (χ2v) is 11.7. The molecule has 0 bridgehead atoms. The maximum absolute atomic E-state index is 12.7. The Morgan fingerprint density at radius 1 is 1.10 bits per heavy atom. The number of nitrogens with one attached hydrogen (secondary N) is 1. The van der Waals surface area contributed by atoms with E-state index in [-0.39, 0.29) is 58.7 Å². The van der Waals surface area contributed by atoms with Gasteiger partial charge in [-0.1, -0.05) is 25.4 Å². The molecule has 0 saturated heterocycles. The van der Waals surface area contributed by atoms with Gasteiger partial charge in [0.1, 0.15) is 28.3 Å². The predicted octanol–water partition coefficient (Wildman–Crippen LogP) is 6.00. The molecule has 0 spiro atoms. The first kappa shape index (κ1) is 40.8. The third-order valence-electron chi connectivity index (χ3n) is 7.37. The number of esters is 2. The summed E-state index contributed by atoms with van der Waals surface area (Å²) in [5, 5.41) is 22.8. The number of carbonyl (C=O) groups is 4. The van der Waals surface area contributed by atoms with Gasteiger partial charge in [0.25, 0.3) is 11.6 Å². The summed E-state index contributed by atoms with van der Waals surface area (Å²) >= 11 is 5.81. The molecule has 1 amide bonds. The molecule has 1 aromatic heterocycles. The van der Waals surface area contributed by atoms with Crippen LogP contribution in [-0.2, 0) is 36.6 Å². The highest BCUT2D eigenvalue weighted by Crippen LogP contribution is 2.37. The minimum absolute atomic E-state index is 0.0124. The molecule has 15 nitrogen and oxygen atoms in total. The number of rotatable bonds is 12. The van der Waals surface area contributed by atoms with Gasteiger partial charge in [0.05, 0.1) is 34.3 Å². The second-order valence-electron chi connectivity index (χ2n) is 11.3. The van der Waals surface area contributed by atoms with E-state index < -0.39 is 58.0 Å². The lowest BCUT2D eigenvalue weighted by Crippen LogP contribution is -2.41. The molecule has 2 heterocycles. The first-order valence-electron chi connectivity index (χ1n) is 15.1. The molecule has 0 aliphatic carbocycles. The lowest BCUT2D eigenvalue weighted by atomic mass is 9.89. The van der Waals surface area contributed by atoms with Gasteiger partial charge >= 0.3 is 24.1 Å². The van der Waals surface area contributed by atoms with Crippen LogP contribution in [0.4, 0.5) is 18.9 Å². The van der Waals surface area contributed by atoms with Crippen molar-refractivity contribution in [2.24, 2.45) is 10.9 Å². The Morgan fingerprint density at radius 2 is 1.79 bits per heavy atom. The van der Waals surface area contributed by atoms with Gasteiger partial charge in [0, 0.05) is 25.4 Å². The molecule has 278 valence electrons. The zero-order valence-electron chi connectivity index (χ0n) is 28.2. The number of nitrogens with zero attached hydrogens (tertiary/aromatic N) is 3. The van der Waals surface area contributed by atoms with Gasteiger partial charge < -0.3 is 29.4 Å². The van der Waals surface area contributed by atoms with Gasteiger partial charge in [-0.25, -0.2) is 19.4 Å². The van der Waals surface area contributed by atoms with Crippen LogP contribution in [0.25, 0.3) is 0 Å². The molecule has 1 aliphatic heterocycles. The number of nitro benzene ring substituents is 1. The molecular formula is C33H32ClF3N4O11. The number of aromatic nitrogens is 1. The molecule has 0 saturated carbocycles. The van der Waals surface area contributed by atoms with Gasteiger partial charge in [0.15, 0.2) is 12.4 Å². The normalized spacial score (nSPS) is 15.2. The third kappa shape index (κ3) is 10.0. The Morgan fingerprint density at radius 3 is 2.33 bits per heavy atom. The molecule has 1 atom stereocenters. The topological polar surface area (TPSA) is 206 Å². The number of halogens is 4. The van der Waals surface area contributed by atoms with Gasteiger partial charge in [-0.15, -0.1) is 0 Å². The lowest BCUT2D eigenvalue weighted by molar-refractivity contribution is -0.385. The Balaban J connectivity index is 0.000000294. The summed E-state index contributed by atoms with van der Waals surface area (Å²) in [6.07, 6.45) is -3.09. The Kier molecular flexibility index (Phi) is 13.4. The molecule has 2 N–H and O–H groups in total. The summed E-state index contributed by atoms with van der Waals surface area (Å²) in [4.78, 5) is 65.9. The number of ether oxygens (including phenoxy) is 4. The SMILES string of the molecule is CCOC(=O)COC(=O)c1cc(Oc2ccc(C(F)(F)F)cc2Cl)ccc1[N+](=O)[O-].COCc1cnc(C2=NC(C)(C(C)C)C(=O)N2)c(C(=O)O)c1. The molecule has 1 aliphatic rings. The van der Waals surface area contributed by atoms with Crippen LogP contribution >= 0.6 is 11.6 Å². The fourth-order valence-electron chi connectivity index (χ4n) is 4.35. The van der Waals surface area contributed by atoms with E-state index in [0.717, 1.165) is 30.3 Å². The highest BCUT2D eigenvalue weighted by Gasteiger charge is 2.43. The van der Waals surface area contributed by atoms with E-state index in [0.29, 0.717) is 11.6 Å². The molecule has 3 aromatic rings. The van der Waals surface area contributed by atoms with Crippen molar-refractivity contribution in [3.8, 4) is 11.5 Å². The number of amides is 1. The summed E-state index contributed by atoms with van der Waals surface area (Å²) in [6.45, 7) is 6.58. The summed E-state index contributed by atoms with van der Waals surface area (Å²) in [5.41, 5.74) is -2.30. The number of carboxylic acid groups (broad SMARTS) is 1. The van der Waals surface area contributed by atoms with Crippen molar-refractivity contribution in [1.29, 1.82) is 0 Å². The van der Waals surface area contributed by atoms with Crippen LogP contribution in [0.2, 0.25) is 5.02 Å². The van der Waals surface area contributed by atoms with Crippen molar-refractivity contribution in [3.05, 3.63) is 91.7 Å². The maximum atomic E-state index is 12.7. The predicted molar refractivity (Wildman–Crippen MR) is 176 cm³/mol. The zero-order chi connectivity index (χ0) is 39.0. The zero-order valence-corrected chi connectivity index (χ0v) is 29.0. The van der Waals surface area contributed by atoms with Gasteiger partial charge in [-0.05, 0) is 55.7 Å². The number of pyridine rings is 1. The van der Waals surface area contributed by atoms with E-state index in [2.05, 4.69) is 20.0 Å². The Bertz CT molecular complexity index is 1900. The third-order valence-corrected chi connectivity index (χ3v) is 7.66. The Labute approximate surface area is 298 Å². The monoisotopic (exact) mass is 752 g/mol. The molecule has 2 aromatic carbocycles. The number of aromatic carboxylic acids is 1. The van der Waals surface area contributed by atoms with E-state index in [1.807, 2.05) is 13.8 Å². The van der Waals surface area contributed by atoms with Crippen molar-refractivity contribution in [1.82, 2.24) is 10.3 Å². The number of benzene rings is 2. The summed E-state index contributed by atoms with van der Waals surface area (Å²) in [6, 6.07) is 6.83. The fraction of sp³-hybridized carbons (Fsp3) is 0.333. The molecule has 19 heteroatoms. The highest BCUT2D eigenvalue weighted by atomic mass is 35.5. The van der Waals surface area contributed by atoms with Crippen LogP contribution in [0.3, 0.4) is 0 Å². The average molecular weight is 753 g/mol. The molecule has 1 unspecified atom stereocenters. The van der Waals surface area contributed by atoms with E-state index in [9.17, 15) is 47.6 Å². The van der Waals surface area contributed by atoms with Crippen LogP contribution in [0, 0.1) is 16.0 Å². The summed E-state index contributed by atoms with van der Waals surface area (Å²) in [5.74, 6) is -3.56. The summed E-state index contributed by atoms with van der Waals surface area (Å²) in [7, 11) is 1.52. The van der Waals surface area contributed by atoms with Gasteiger partial charge in [0.2, 0.25) is 0 Å².